The van der Waals surface area contributed by atoms with Gasteiger partial charge in [-0.15, -0.1) is 0 Å². The van der Waals surface area contributed by atoms with Crippen molar-refractivity contribution in [1.29, 1.82) is 0 Å². The largest absolute Gasteiger partial charge is 0.468 e. The van der Waals surface area contributed by atoms with Crippen molar-refractivity contribution in [2.75, 3.05) is 7.11 Å². The second kappa shape index (κ2) is 6.61. The van der Waals surface area contributed by atoms with Crippen molar-refractivity contribution in [1.82, 2.24) is 13.9 Å². The van der Waals surface area contributed by atoms with Gasteiger partial charge in [-0.1, -0.05) is 18.2 Å². The lowest BCUT2D eigenvalue weighted by atomic mass is 10.1. The molecule has 1 aromatic heterocycles. The first-order valence-corrected chi connectivity index (χ1v) is 9.49. The van der Waals surface area contributed by atoms with Crippen LogP contribution in [0.1, 0.15) is 31.3 Å². The molecule has 0 N–H and O–H groups in total. The van der Waals surface area contributed by atoms with Crippen molar-refractivity contribution in [2.45, 2.75) is 43.8 Å². The van der Waals surface area contributed by atoms with Gasteiger partial charge < -0.3 is 9.30 Å². The predicted octanol–water partition coefficient (Wildman–Crippen LogP) is 1.75. The minimum atomic E-state index is -3.84. The maximum atomic E-state index is 13.1. The Kier molecular flexibility index (Phi) is 4.66. The van der Waals surface area contributed by atoms with E-state index in [0.29, 0.717) is 0 Å². The zero-order valence-corrected chi connectivity index (χ0v) is 15.2. The van der Waals surface area contributed by atoms with Crippen LogP contribution < -0.4 is 0 Å². The van der Waals surface area contributed by atoms with E-state index in [4.69, 9.17) is 4.74 Å². The summed E-state index contributed by atoms with van der Waals surface area (Å²) in [6.07, 6.45) is 1.90. The summed E-state index contributed by atoms with van der Waals surface area (Å²) < 4.78 is 34.2. The third-order valence-corrected chi connectivity index (χ3v) is 6.27. The molecule has 0 saturated carbocycles. The molecular formula is C17H21N3O4S. The average Bonchev–Trinajstić information content (AvgIpc) is 3.04. The van der Waals surface area contributed by atoms with Gasteiger partial charge in [-0.3, -0.25) is 4.79 Å². The van der Waals surface area contributed by atoms with Gasteiger partial charge in [0.15, 0.2) is 0 Å². The fraction of sp³-hybridized carbons (Fsp3) is 0.412. The van der Waals surface area contributed by atoms with E-state index in [1.54, 1.807) is 24.5 Å². The van der Waals surface area contributed by atoms with Crippen LogP contribution in [-0.4, -0.2) is 41.4 Å². The average molecular weight is 363 g/mol. The van der Waals surface area contributed by atoms with Crippen molar-refractivity contribution in [2.24, 2.45) is 0 Å². The van der Waals surface area contributed by atoms with E-state index in [-0.39, 0.29) is 23.9 Å². The van der Waals surface area contributed by atoms with Crippen LogP contribution in [0.3, 0.4) is 0 Å². The summed E-state index contributed by atoms with van der Waals surface area (Å²) in [6, 6.07) is 7.35. The van der Waals surface area contributed by atoms with Gasteiger partial charge in [-0.25, -0.2) is 13.4 Å². The summed E-state index contributed by atoms with van der Waals surface area (Å²) in [5.41, 5.74) is 1.55. The van der Waals surface area contributed by atoms with Crippen molar-refractivity contribution in [3.8, 4) is 0 Å². The Bertz CT molecular complexity index is 875. The molecule has 0 radical (unpaired) electrons. The summed E-state index contributed by atoms with van der Waals surface area (Å²) >= 11 is 0. The quantitative estimate of drug-likeness (QED) is 0.773. The fourth-order valence-corrected chi connectivity index (χ4v) is 4.63. The highest BCUT2D eigenvalue weighted by Gasteiger charge is 2.42. The Morgan fingerprint density at radius 3 is 2.56 bits per heavy atom. The molecule has 0 amide bonds. The van der Waals surface area contributed by atoms with Gasteiger partial charge >= 0.3 is 5.97 Å². The standard InChI is InChI=1S/C17H21N3O4S/c1-12(2)19-11-18-14-9-15(17(21)24-3)20(10-16(14)19)25(22,23)13-7-5-4-6-8-13/h4-8,11-12,15H,9-10H2,1-3H3. The van der Waals surface area contributed by atoms with E-state index >= 15 is 0 Å². The van der Waals surface area contributed by atoms with Crippen LogP contribution in [0.25, 0.3) is 0 Å². The van der Waals surface area contributed by atoms with Gasteiger partial charge in [-0.2, -0.15) is 4.31 Å². The lowest BCUT2D eigenvalue weighted by Crippen LogP contribution is -2.49. The van der Waals surface area contributed by atoms with Gasteiger partial charge in [0.25, 0.3) is 0 Å². The number of rotatable bonds is 4. The number of nitrogens with zero attached hydrogens (tertiary/aromatic N) is 3. The summed E-state index contributed by atoms with van der Waals surface area (Å²) in [7, 11) is -2.58. The molecular weight excluding hydrogens is 342 g/mol. The number of esters is 1. The van der Waals surface area contributed by atoms with Gasteiger partial charge in [-0.05, 0) is 26.0 Å². The summed E-state index contributed by atoms with van der Waals surface area (Å²) in [4.78, 5) is 16.8. The van der Waals surface area contributed by atoms with Gasteiger partial charge in [0, 0.05) is 12.5 Å². The second-order valence-corrected chi connectivity index (χ2v) is 8.14. The molecule has 3 rings (SSSR count). The molecule has 0 saturated heterocycles. The van der Waals surface area contributed by atoms with E-state index in [2.05, 4.69) is 4.98 Å². The number of methoxy groups -OCH3 is 1. The second-order valence-electron chi connectivity index (χ2n) is 6.25. The minimum absolute atomic E-state index is 0.0878. The fourth-order valence-electron chi connectivity index (χ4n) is 3.07. The number of carbonyl (C=O) groups is 1. The topological polar surface area (TPSA) is 81.5 Å². The van der Waals surface area contributed by atoms with E-state index < -0.39 is 22.0 Å². The lowest BCUT2D eigenvalue weighted by Gasteiger charge is -2.33. The first kappa shape index (κ1) is 17.6. The molecule has 1 atom stereocenters. The molecule has 7 nitrogen and oxygen atoms in total. The summed E-state index contributed by atoms with van der Waals surface area (Å²) in [6.45, 7) is 4.10. The molecule has 8 heteroatoms. The highest BCUT2D eigenvalue weighted by molar-refractivity contribution is 7.89. The molecule has 134 valence electrons. The molecule has 0 bridgehead atoms. The number of hydrogen-bond donors (Lipinski definition) is 0. The van der Waals surface area contributed by atoms with Gasteiger partial charge in [0.05, 0.1) is 36.3 Å². The van der Waals surface area contributed by atoms with E-state index in [1.807, 2.05) is 18.4 Å². The highest BCUT2D eigenvalue weighted by atomic mass is 32.2. The van der Waals surface area contributed by atoms with Crippen LogP contribution >= 0.6 is 0 Å². The summed E-state index contributed by atoms with van der Waals surface area (Å²) in [5.74, 6) is -0.579. The Morgan fingerprint density at radius 1 is 1.28 bits per heavy atom. The Labute approximate surface area is 147 Å². The Morgan fingerprint density at radius 2 is 1.96 bits per heavy atom. The zero-order chi connectivity index (χ0) is 18.2. The molecule has 0 fully saturated rings. The smallest absolute Gasteiger partial charge is 0.324 e. The molecule has 1 aliphatic rings. The third kappa shape index (κ3) is 3.07. The van der Waals surface area contributed by atoms with Crippen molar-refractivity contribution in [3.63, 3.8) is 0 Å². The number of fused-ring (bicyclic) bond motifs is 1. The molecule has 0 spiro atoms. The molecule has 1 unspecified atom stereocenters. The van der Waals surface area contributed by atoms with Crippen molar-refractivity contribution >= 4 is 16.0 Å². The zero-order valence-electron chi connectivity index (χ0n) is 14.4. The summed E-state index contributed by atoms with van der Waals surface area (Å²) in [5, 5.41) is 0. The van der Waals surface area contributed by atoms with E-state index in [1.165, 1.54) is 23.5 Å². The van der Waals surface area contributed by atoms with Crippen LogP contribution in [0, 0.1) is 0 Å². The lowest BCUT2D eigenvalue weighted by molar-refractivity contribution is -0.145. The van der Waals surface area contributed by atoms with Crippen molar-refractivity contribution < 1.29 is 17.9 Å². The highest BCUT2D eigenvalue weighted by Crippen LogP contribution is 2.30. The number of ether oxygens (including phenoxy) is 1. The normalized spacial score (nSPS) is 18.2. The maximum absolute atomic E-state index is 13.1. The first-order valence-electron chi connectivity index (χ1n) is 8.05. The predicted molar refractivity (Wildman–Crippen MR) is 91.3 cm³/mol. The molecule has 2 heterocycles. The van der Waals surface area contributed by atoms with E-state index in [9.17, 15) is 13.2 Å². The van der Waals surface area contributed by atoms with Crippen LogP contribution in [0.4, 0.5) is 0 Å². The number of hydrogen-bond acceptors (Lipinski definition) is 5. The van der Waals surface area contributed by atoms with Gasteiger partial charge in [0.2, 0.25) is 10.0 Å². The van der Waals surface area contributed by atoms with Gasteiger partial charge in [0.1, 0.15) is 6.04 Å². The SMILES string of the molecule is COC(=O)C1Cc2ncn(C(C)C)c2CN1S(=O)(=O)c1ccccc1. The number of sulfonamides is 1. The number of benzene rings is 1. The minimum Gasteiger partial charge on any atom is -0.468 e. The van der Waals surface area contributed by atoms with Crippen molar-refractivity contribution in [3.05, 3.63) is 48.0 Å². The third-order valence-electron chi connectivity index (χ3n) is 4.40. The monoisotopic (exact) mass is 363 g/mol. The van der Waals surface area contributed by atoms with Crippen LogP contribution in [0.2, 0.25) is 0 Å². The number of imidazole rings is 1. The van der Waals surface area contributed by atoms with E-state index in [0.717, 1.165) is 11.4 Å². The molecule has 2 aromatic rings. The first-order chi connectivity index (χ1) is 11.9. The Hall–Kier alpha value is -2.19. The van der Waals surface area contributed by atoms with Crippen LogP contribution in [-0.2, 0) is 32.5 Å². The Balaban J connectivity index is 2.08. The number of aromatic nitrogens is 2. The molecule has 1 aromatic carbocycles. The molecule has 25 heavy (non-hydrogen) atoms. The number of carbonyl (C=O) groups excluding carboxylic acids is 1. The molecule has 0 aliphatic carbocycles. The van der Waals surface area contributed by atoms with Crippen LogP contribution in [0.15, 0.2) is 41.6 Å². The molecule has 1 aliphatic heterocycles. The maximum Gasteiger partial charge on any atom is 0.324 e. The van der Waals surface area contributed by atoms with Crippen LogP contribution in [0.5, 0.6) is 0 Å².